The second-order valence-corrected chi connectivity index (χ2v) is 10.9. The van der Waals surface area contributed by atoms with Crippen LogP contribution in [0.3, 0.4) is 0 Å². The second-order valence-electron chi connectivity index (χ2n) is 10.9. The Morgan fingerprint density at radius 1 is 0.674 bits per heavy atom. The fourth-order valence-electron chi connectivity index (χ4n) is 5.27. The minimum atomic E-state index is -1.71. The lowest BCUT2D eigenvalue weighted by Crippen LogP contribution is -2.49. The topological polar surface area (TPSA) is 102 Å². The van der Waals surface area contributed by atoms with Gasteiger partial charge in [-0.05, 0) is 71.2 Å². The maximum atomic E-state index is 13.0. The number of hydrogen-bond acceptors (Lipinski definition) is 5. The first-order chi connectivity index (χ1) is 20.9. The molecule has 4 aromatic carbocycles. The Morgan fingerprint density at radius 2 is 1.21 bits per heavy atom. The Kier molecular flexibility index (Phi) is 12.1. The lowest BCUT2D eigenvalue weighted by molar-refractivity contribution is -0.176. The summed E-state index contributed by atoms with van der Waals surface area (Å²) < 4.78 is 10.7. The number of carboxylic acids is 1. The summed E-state index contributed by atoms with van der Waals surface area (Å²) in [5.74, 6) is -2.78. The van der Waals surface area contributed by atoms with Gasteiger partial charge in [-0.15, -0.1) is 0 Å². The number of hydrogen-bond donors (Lipinski definition) is 2. The predicted octanol–water partition coefficient (Wildman–Crippen LogP) is 6.64. The van der Waals surface area contributed by atoms with Crippen LogP contribution in [0.5, 0.6) is 0 Å². The van der Waals surface area contributed by atoms with Gasteiger partial charge >= 0.3 is 11.9 Å². The van der Waals surface area contributed by atoms with Crippen LogP contribution in [0.25, 0.3) is 21.5 Å². The number of carbonyl (C=O) groups is 3. The lowest BCUT2D eigenvalue weighted by Gasteiger charge is -2.23. The summed E-state index contributed by atoms with van der Waals surface area (Å²) in [6.07, 6.45) is 3.79. The van der Waals surface area contributed by atoms with E-state index in [-0.39, 0.29) is 6.61 Å². The van der Waals surface area contributed by atoms with Crippen LogP contribution < -0.4 is 5.32 Å². The first kappa shape index (κ1) is 31.7. The van der Waals surface area contributed by atoms with Crippen molar-refractivity contribution in [3.8, 4) is 0 Å². The molecule has 7 heteroatoms. The molecule has 0 aliphatic carbocycles. The minimum Gasteiger partial charge on any atom is -0.478 e. The van der Waals surface area contributed by atoms with Gasteiger partial charge in [-0.2, -0.15) is 0 Å². The standard InChI is InChI=1S/C36H41NO6/c1-26(38)43-34(36(40)41)33(42-23-11-3-5-13-28-19-21-30-15-7-9-17-32(30)25-28)35(39)37-22-10-2-4-12-27-18-20-29-14-6-8-16-31(29)24-27/h6-9,14-21,24-25,33-34H,2-5,10-13,22-23H2,1H3,(H,37,39)(H,40,41). The van der Waals surface area contributed by atoms with Crippen molar-refractivity contribution < 1.29 is 29.0 Å². The van der Waals surface area contributed by atoms with Crippen molar-refractivity contribution in [2.75, 3.05) is 13.2 Å². The van der Waals surface area contributed by atoms with Crippen molar-refractivity contribution in [1.82, 2.24) is 5.32 Å². The Morgan fingerprint density at radius 3 is 1.74 bits per heavy atom. The molecule has 4 aromatic rings. The highest BCUT2D eigenvalue weighted by atomic mass is 16.6. The molecule has 0 fully saturated rings. The van der Waals surface area contributed by atoms with Crippen molar-refractivity contribution in [1.29, 1.82) is 0 Å². The summed E-state index contributed by atoms with van der Waals surface area (Å²) in [6.45, 7) is 1.69. The third kappa shape index (κ3) is 9.93. The fourth-order valence-corrected chi connectivity index (χ4v) is 5.27. The highest BCUT2D eigenvalue weighted by Gasteiger charge is 2.37. The third-order valence-corrected chi connectivity index (χ3v) is 7.55. The molecule has 7 nitrogen and oxygen atoms in total. The molecule has 0 aliphatic heterocycles. The van der Waals surface area contributed by atoms with Gasteiger partial charge in [0.25, 0.3) is 5.91 Å². The van der Waals surface area contributed by atoms with E-state index in [9.17, 15) is 19.5 Å². The number of carbonyl (C=O) groups excluding carboxylic acids is 2. The number of esters is 1. The molecule has 2 atom stereocenters. The molecule has 226 valence electrons. The van der Waals surface area contributed by atoms with Gasteiger partial charge in [-0.3, -0.25) is 9.59 Å². The number of ether oxygens (including phenoxy) is 2. The number of aliphatic carboxylic acids is 1. The van der Waals surface area contributed by atoms with Crippen LogP contribution >= 0.6 is 0 Å². The van der Waals surface area contributed by atoms with E-state index in [1.807, 2.05) is 24.3 Å². The van der Waals surface area contributed by atoms with Crippen molar-refractivity contribution >= 4 is 39.4 Å². The number of benzene rings is 4. The van der Waals surface area contributed by atoms with Crippen LogP contribution in [0.1, 0.15) is 56.6 Å². The maximum Gasteiger partial charge on any atom is 0.348 e. The predicted molar refractivity (Wildman–Crippen MR) is 169 cm³/mol. The zero-order chi connectivity index (χ0) is 30.4. The fraction of sp³-hybridized carbons (Fsp3) is 0.361. The average Bonchev–Trinajstić information content (AvgIpc) is 3.01. The molecule has 1 amide bonds. The van der Waals surface area contributed by atoms with Crippen LogP contribution in [-0.2, 0) is 36.7 Å². The molecule has 0 aliphatic rings. The van der Waals surface area contributed by atoms with Crippen molar-refractivity contribution in [2.24, 2.45) is 0 Å². The van der Waals surface area contributed by atoms with Gasteiger partial charge in [0, 0.05) is 20.1 Å². The second kappa shape index (κ2) is 16.4. The molecule has 2 unspecified atom stereocenters. The molecule has 0 bridgehead atoms. The zero-order valence-corrected chi connectivity index (χ0v) is 24.8. The molecule has 0 saturated heterocycles. The van der Waals surface area contributed by atoms with Crippen molar-refractivity contribution in [3.05, 3.63) is 96.1 Å². The first-order valence-electron chi connectivity index (χ1n) is 15.2. The Hall–Kier alpha value is -4.23. The monoisotopic (exact) mass is 583 g/mol. The van der Waals surface area contributed by atoms with Gasteiger partial charge in [0.1, 0.15) is 0 Å². The van der Waals surface area contributed by atoms with Crippen molar-refractivity contribution in [2.45, 2.75) is 70.5 Å². The van der Waals surface area contributed by atoms with E-state index >= 15 is 0 Å². The minimum absolute atomic E-state index is 0.187. The van der Waals surface area contributed by atoms with E-state index in [0.717, 1.165) is 51.9 Å². The number of aryl methyl sites for hydroxylation is 2. The van der Waals surface area contributed by atoms with Crippen LogP contribution in [0.15, 0.2) is 84.9 Å². The van der Waals surface area contributed by atoms with Crippen molar-refractivity contribution in [3.63, 3.8) is 0 Å². The van der Waals surface area contributed by atoms with E-state index in [2.05, 4.69) is 66.0 Å². The van der Waals surface area contributed by atoms with Crippen LogP contribution in [0, 0.1) is 0 Å². The Balaban J connectivity index is 1.19. The summed E-state index contributed by atoms with van der Waals surface area (Å²) in [4.78, 5) is 36.4. The number of amides is 1. The molecule has 2 N–H and O–H groups in total. The molecule has 43 heavy (non-hydrogen) atoms. The summed E-state index contributed by atoms with van der Waals surface area (Å²) in [7, 11) is 0. The van der Waals surface area contributed by atoms with E-state index in [1.165, 1.54) is 32.7 Å². The summed E-state index contributed by atoms with van der Waals surface area (Å²) >= 11 is 0. The number of carboxylic acid groups (broad SMARTS) is 1. The maximum absolute atomic E-state index is 13.0. The summed E-state index contributed by atoms with van der Waals surface area (Å²) in [6, 6.07) is 29.5. The van der Waals surface area contributed by atoms with Gasteiger partial charge < -0.3 is 19.9 Å². The number of fused-ring (bicyclic) bond motifs is 2. The zero-order valence-electron chi connectivity index (χ0n) is 24.8. The third-order valence-electron chi connectivity index (χ3n) is 7.55. The van der Waals surface area contributed by atoms with E-state index in [4.69, 9.17) is 9.47 Å². The Labute approximate surface area is 253 Å². The molecular formula is C36H41NO6. The summed E-state index contributed by atoms with van der Waals surface area (Å²) in [5.41, 5.74) is 2.54. The smallest absolute Gasteiger partial charge is 0.348 e. The lowest BCUT2D eigenvalue weighted by atomic mass is 10.0. The average molecular weight is 584 g/mol. The van der Waals surface area contributed by atoms with Gasteiger partial charge in [-0.25, -0.2) is 4.79 Å². The highest BCUT2D eigenvalue weighted by molar-refractivity contribution is 5.89. The molecule has 0 aromatic heterocycles. The highest BCUT2D eigenvalue weighted by Crippen LogP contribution is 2.19. The number of unbranched alkanes of at least 4 members (excludes halogenated alkanes) is 4. The van der Waals surface area contributed by atoms with E-state index in [0.29, 0.717) is 13.0 Å². The van der Waals surface area contributed by atoms with Gasteiger partial charge in [0.2, 0.25) is 6.10 Å². The van der Waals surface area contributed by atoms with Crippen LogP contribution in [0.2, 0.25) is 0 Å². The Bertz CT molecular complexity index is 1520. The largest absolute Gasteiger partial charge is 0.478 e. The van der Waals surface area contributed by atoms with E-state index < -0.39 is 30.1 Å². The molecule has 0 spiro atoms. The quantitative estimate of drug-likeness (QED) is 0.107. The molecule has 0 saturated carbocycles. The van der Waals surface area contributed by atoms with Crippen LogP contribution in [0.4, 0.5) is 0 Å². The molecule has 4 rings (SSSR count). The van der Waals surface area contributed by atoms with Gasteiger partial charge in [0.15, 0.2) is 6.10 Å². The molecule has 0 heterocycles. The first-order valence-corrected chi connectivity index (χ1v) is 15.2. The summed E-state index contributed by atoms with van der Waals surface area (Å²) in [5, 5.41) is 17.3. The van der Waals surface area contributed by atoms with Crippen LogP contribution in [-0.4, -0.2) is 48.3 Å². The number of nitrogens with one attached hydrogen (secondary N) is 1. The number of rotatable bonds is 17. The van der Waals surface area contributed by atoms with Gasteiger partial charge in [0.05, 0.1) is 0 Å². The normalized spacial score (nSPS) is 12.6. The molecule has 0 radical (unpaired) electrons. The SMILES string of the molecule is CC(=O)OC(C(=O)O)C(OCCCCCc1ccc2ccccc2c1)C(=O)NCCCCCc1ccc2ccccc2c1. The van der Waals surface area contributed by atoms with Gasteiger partial charge in [-0.1, -0.05) is 97.8 Å². The van der Waals surface area contributed by atoms with E-state index in [1.54, 1.807) is 0 Å². The molecular weight excluding hydrogens is 542 g/mol.